The summed E-state index contributed by atoms with van der Waals surface area (Å²) < 4.78 is 28.4. The molecule has 3 aliphatic heterocycles. The smallest absolute Gasteiger partial charge is 0.258 e. The fourth-order valence-corrected chi connectivity index (χ4v) is 5.43. The average molecular weight is 643 g/mol. The number of aryl methyl sites for hydroxylation is 1. The monoisotopic (exact) mass is 642 g/mol. The second kappa shape index (κ2) is 14.2. The lowest BCUT2D eigenvalue weighted by molar-refractivity contribution is -0.130. The maximum Gasteiger partial charge on any atom is 0.258 e. The summed E-state index contributed by atoms with van der Waals surface area (Å²) in [5.74, 6) is 1.74. The van der Waals surface area contributed by atoms with Gasteiger partial charge in [-0.3, -0.25) is 19.4 Å². The van der Waals surface area contributed by atoms with Crippen molar-refractivity contribution in [3.8, 4) is 34.4 Å². The number of hydrogen-bond donors (Lipinski definition) is 2. The van der Waals surface area contributed by atoms with Crippen LogP contribution in [0.15, 0.2) is 65.4 Å². The van der Waals surface area contributed by atoms with E-state index in [1.165, 1.54) is 20.3 Å². The molecule has 2 N–H and O–H groups in total. The number of methoxy groups -OCH3 is 2. The predicted octanol–water partition coefficient (Wildman–Crippen LogP) is 2.57. The third-order valence-corrected chi connectivity index (χ3v) is 7.89. The highest BCUT2D eigenvalue weighted by Crippen LogP contribution is 2.29. The number of rotatable bonds is 7. The Morgan fingerprint density at radius 1 is 1.00 bits per heavy atom. The van der Waals surface area contributed by atoms with Gasteiger partial charge in [-0.2, -0.15) is 4.98 Å². The number of amides is 3. The molecule has 244 valence electrons. The van der Waals surface area contributed by atoms with Gasteiger partial charge in [-0.25, -0.2) is 0 Å². The number of hydrogen-bond acceptors (Lipinski definition) is 11. The van der Waals surface area contributed by atoms with E-state index in [0.29, 0.717) is 47.6 Å². The fourth-order valence-electron chi connectivity index (χ4n) is 5.43. The Morgan fingerprint density at radius 3 is 2.66 bits per heavy atom. The minimum absolute atomic E-state index is 0.0906. The van der Waals surface area contributed by atoms with Crippen LogP contribution in [0.5, 0.6) is 23.0 Å². The number of nitrogens with zero attached hydrogens (tertiary/aromatic N) is 4. The first kappa shape index (κ1) is 31.3. The molecule has 1 saturated heterocycles. The third kappa shape index (κ3) is 7.60. The van der Waals surface area contributed by atoms with Gasteiger partial charge in [0.25, 0.3) is 11.8 Å². The molecule has 0 spiro atoms. The molecule has 4 aromatic rings. The number of likely N-dealkylation sites (tertiary alicyclic amines) is 1. The van der Waals surface area contributed by atoms with Gasteiger partial charge in [-0.15, -0.1) is 0 Å². The van der Waals surface area contributed by atoms with Crippen LogP contribution < -0.4 is 29.6 Å². The van der Waals surface area contributed by atoms with E-state index in [9.17, 15) is 14.4 Å². The molecule has 2 aromatic heterocycles. The summed E-state index contributed by atoms with van der Waals surface area (Å²) in [7, 11) is 3.01. The van der Waals surface area contributed by atoms with Crippen LogP contribution in [0.4, 0.5) is 0 Å². The van der Waals surface area contributed by atoms with Gasteiger partial charge in [-0.05, 0) is 42.8 Å². The summed E-state index contributed by atoms with van der Waals surface area (Å²) in [5, 5.41) is 9.86. The first-order valence-corrected chi connectivity index (χ1v) is 15.1. The number of carbonyl (C=O) groups is 3. The number of pyridine rings is 1. The van der Waals surface area contributed by atoms with E-state index in [4.69, 9.17) is 23.5 Å². The fraction of sp³-hybridized carbons (Fsp3) is 0.333. The molecule has 1 fully saturated rings. The summed E-state index contributed by atoms with van der Waals surface area (Å²) in [5.41, 5.74) is 1.80. The minimum atomic E-state index is -0.561. The molecule has 0 unspecified atom stereocenters. The van der Waals surface area contributed by atoms with Crippen molar-refractivity contribution in [1.29, 1.82) is 0 Å². The molecular formula is C33H34N6O8. The van der Waals surface area contributed by atoms with Crippen LogP contribution in [0.1, 0.15) is 34.7 Å². The predicted molar refractivity (Wildman–Crippen MR) is 166 cm³/mol. The van der Waals surface area contributed by atoms with E-state index in [0.717, 1.165) is 11.1 Å². The molecule has 3 aliphatic rings. The van der Waals surface area contributed by atoms with E-state index in [-0.39, 0.29) is 50.0 Å². The largest absolute Gasteiger partial charge is 0.497 e. The summed E-state index contributed by atoms with van der Waals surface area (Å²) >= 11 is 0. The van der Waals surface area contributed by atoms with Crippen LogP contribution in [-0.2, 0) is 22.6 Å². The van der Waals surface area contributed by atoms with E-state index >= 15 is 0 Å². The van der Waals surface area contributed by atoms with Crippen LogP contribution in [-0.4, -0.2) is 83.8 Å². The molecular weight excluding hydrogens is 608 g/mol. The molecule has 0 radical (unpaired) electrons. The van der Waals surface area contributed by atoms with Gasteiger partial charge < -0.3 is 39.0 Å². The topological polar surface area (TPSA) is 167 Å². The number of ether oxygens (including phenoxy) is 4. The highest BCUT2D eigenvalue weighted by Gasteiger charge is 2.38. The maximum atomic E-state index is 13.5. The van der Waals surface area contributed by atoms with Gasteiger partial charge in [0.2, 0.25) is 17.6 Å². The highest BCUT2D eigenvalue weighted by atomic mass is 16.5. The minimum Gasteiger partial charge on any atom is -0.497 e. The average Bonchev–Trinajstić information content (AvgIpc) is 3.73. The van der Waals surface area contributed by atoms with Crippen LogP contribution >= 0.6 is 0 Å². The molecule has 47 heavy (non-hydrogen) atoms. The van der Waals surface area contributed by atoms with Gasteiger partial charge in [0.1, 0.15) is 29.1 Å². The SMILES string of the molecule is COc1cc2cc(c1)C(=O)N[C@H]1CN(C(=O)CCCc3nc(-c4ccncc4)no3)C[C@@H]1Oc1ccc(c(OC)c1)CNC(=O)CO2. The zero-order chi connectivity index (χ0) is 32.8. The van der Waals surface area contributed by atoms with Crippen molar-refractivity contribution in [2.24, 2.45) is 0 Å². The summed E-state index contributed by atoms with van der Waals surface area (Å²) in [6.45, 7) is 0.433. The van der Waals surface area contributed by atoms with Gasteiger partial charge in [0, 0.05) is 67.1 Å². The van der Waals surface area contributed by atoms with Crippen LogP contribution in [0.3, 0.4) is 0 Å². The van der Waals surface area contributed by atoms with E-state index in [2.05, 4.69) is 25.8 Å². The van der Waals surface area contributed by atoms with Gasteiger partial charge in [0.15, 0.2) is 6.61 Å². The second-order valence-electron chi connectivity index (χ2n) is 11.1. The Labute approximate surface area is 270 Å². The van der Waals surface area contributed by atoms with Gasteiger partial charge in [0.05, 0.1) is 26.8 Å². The highest BCUT2D eigenvalue weighted by molar-refractivity contribution is 5.95. The molecule has 7 rings (SSSR count). The number of carbonyl (C=O) groups excluding carboxylic acids is 3. The zero-order valence-corrected chi connectivity index (χ0v) is 25.9. The number of aromatic nitrogens is 3. The Hall–Kier alpha value is -5.66. The molecule has 4 bridgehead atoms. The van der Waals surface area contributed by atoms with Crippen LogP contribution in [0.25, 0.3) is 11.4 Å². The Morgan fingerprint density at radius 2 is 1.85 bits per heavy atom. The van der Waals surface area contributed by atoms with Crippen molar-refractivity contribution >= 4 is 17.7 Å². The van der Waals surface area contributed by atoms with Crippen molar-refractivity contribution < 1.29 is 37.9 Å². The molecule has 0 aliphatic carbocycles. The maximum absolute atomic E-state index is 13.5. The molecule has 0 saturated carbocycles. The van der Waals surface area contributed by atoms with Gasteiger partial charge >= 0.3 is 0 Å². The third-order valence-electron chi connectivity index (χ3n) is 7.89. The Kier molecular flexibility index (Phi) is 9.46. The molecule has 2 atom stereocenters. The lowest BCUT2D eigenvalue weighted by atomic mass is 10.1. The van der Waals surface area contributed by atoms with Crippen LogP contribution in [0.2, 0.25) is 0 Å². The van der Waals surface area contributed by atoms with E-state index < -0.39 is 18.1 Å². The number of benzene rings is 2. The quantitative estimate of drug-likeness (QED) is 0.304. The van der Waals surface area contributed by atoms with E-state index in [1.807, 2.05) is 0 Å². The number of fused-ring (bicyclic) bond motifs is 7. The Bertz CT molecular complexity index is 1750. The summed E-state index contributed by atoms with van der Waals surface area (Å²) in [6, 6.07) is 13.0. The Balaban J connectivity index is 1.18. The van der Waals surface area contributed by atoms with Crippen molar-refractivity contribution in [3.05, 3.63) is 77.9 Å². The van der Waals surface area contributed by atoms with E-state index in [1.54, 1.807) is 59.8 Å². The molecule has 3 amide bonds. The summed E-state index contributed by atoms with van der Waals surface area (Å²) in [6.07, 6.45) is 3.92. The first-order chi connectivity index (χ1) is 22.9. The molecule has 5 heterocycles. The molecule has 2 aromatic carbocycles. The van der Waals surface area contributed by atoms with Crippen molar-refractivity contribution in [2.75, 3.05) is 33.9 Å². The second-order valence-corrected chi connectivity index (χ2v) is 11.1. The van der Waals surface area contributed by atoms with Crippen molar-refractivity contribution in [1.82, 2.24) is 30.7 Å². The lowest BCUT2D eigenvalue weighted by Gasteiger charge is -2.22. The van der Waals surface area contributed by atoms with Crippen molar-refractivity contribution in [2.45, 2.75) is 38.0 Å². The normalized spacial score (nSPS) is 17.9. The van der Waals surface area contributed by atoms with Gasteiger partial charge in [-0.1, -0.05) is 5.16 Å². The first-order valence-electron chi connectivity index (χ1n) is 15.1. The lowest BCUT2D eigenvalue weighted by Crippen LogP contribution is -2.45. The summed E-state index contributed by atoms with van der Waals surface area (Å²) in [4.78, 5) is 49.5. The van der Waals surface area contributed by atoms with Crippen LogP contribution in [0, 0.1) is 0 Å². The zero-order valence-electron chi connectivity index (χ0n) is 25.9. The molecule has 14 nitrogen and oxygen atoms in total. The molecule has 14 heteroatoms. The number of nitrogens with one attached hydrogen (secondary N) is 2. The standard InChI is InChI=1S/C33H34N6O8/c1-43-24-12-22-13-25(14-24)45-19-29(40)35-16-21-6-7-23(15-27(21)44-2)46-28-18-39(17-26(28)36-33(22)42)31(41)5-3-4-30-37-32(38-47-30)20-8-10-34-11-9-20/h6-15,26,28H,3-5,16-19H2,1-2H3,(H,35,40)(H,36,42)/t26-,28-/m0/s1. The van der Waals surface area contributed by atoms with Crippen molar-refractivity contribution in [3.63, 3.8) is 0 Å².